The van der Waals surface area contributed by atoms with E-state index in [2.05, 4.69) is 10.3 Å². The number of benzene rings is 1. The highest BCUT2D eigenvalue weighted by Crippen LogP contribution is 2.29. The number of carbonyl (C=O) groups excluding carboxylic acids is 1. The Morgan fingerprint density at radius 2 is 2.35 bits per heavy atom. The van der Waals surface area contributed by atoms with Gasteiger partial charge in [-0.15, -0.1) is 0 Å². The molecule has 0 aliphatic heterocycles. The van der Waals surface area contributed by atoms with Crippen molar-refractivity contribution in [3.05, 3.63) is 18.2 Å². The second kappa shape index (κ2) is 6.67. The molecule has 20 heavy (non-hydrogen) atoms. The normalized spacial score (nSPS) is 12.3. The van der Waals surface area contributed by atoms with Crippen LogP contribution < -0.4 is 15.8 Å². The summed E-state index contributed by atoms with van der Waals surface area (Å²) >= 11 is 1.45. The van der Waals surface area contributed by atoms with Crippen molar-refractivity contribution in [1.29, 1.82) is 0 Å². The van der Waals surface area contributed by atoms with Crippen molar-refractivity contribution in [3.8, 4) is 5.75 Å². The Balaban J connectivity index is 2.00. The lowest BCUT2D eigenvalue weighted by Crippen LogP contribution is -2.16. The minimum atomic E-state index is -0.0173. The summed E-state index contributed by atoms with van der Waals surface area (Å²) in [7, 11) is 1.63. The second-order valence-electron chi connectivity index (χ2n) is 4.78. The number of methoxy groups -OCH3 is 1. The number of hydrogen-bond acceptors (Lipinski definition) is 5. The summed E-state index contributed by atoms with van der Waals surface area (Å²) in [5.74, 6) is 1.13. The summed E-state index contributed by atoms with van der Waals surface area (Å²) in [6, 6.07) is 5.66. The molecule has 3 N–H and O–H groups in total. The van der Waals surface area contributed by atoms with Gasteiger partial charge in [0.2, 0.25) is 5.91 Å². The van der Waals surface area contributed by atoms with Crippen LogP contribution in [0.2, 0.25) is 0 Å². The Hall–Kier alpha value is -1.66. The number of rotatable bonds is 6. The molecular weight excluding hydrogens is 274 g/mol. The molecule has 0 bridgehead atoms. The zero-order chi connectivity index (χ0) is 14.5. The van der Waals surface area contributed by atoms with Gasteiger partial charge in [-0.3, -0.25) is 4.79 Å². The molecule has 1 atom stereocenters. The zero-order valence-electron chi connectivity index (χ0n) is 11.7. The maximum atomic E-state index is 11.8. The van der Waals surface area contributed by atoms with E-state index >= 15 is 0 Å². The Bertz CT molecular complexity index is 597. The maximum Gasteiger partial charge on any atom is 0.226 e. The minimum Gasteiger partial charge on any atom is -0.497 e. The Labute approximate surface area is 122 Å². The highest BCUT2D eigenvalue weighted by molar-refractivity contribution is 7.22. The molecule has 0 aliphatic rings. The molecule has 1 unspecified atom stereocenters. The van der Waals surface area contributed by atoms with Gasteiger partial charge in [0.25, 0.3) is 0 Å². The van der Waals surface area contributed by atoms with E-state index in [4.69, 9.17) is 10.5 Å². The van der Waals surface area contributed by atoms with E-state index in [-0.39, 0.29) is 5.91 Å². The summed E-state index contributed by atoms with van der Waals surface area (Å²) in [6.07, 6.45) is 1.26. The average Bonchev–Trinajstić information content (AvgIpc) is 2.85. The van der Waals surface area contributed by atoms with Crippen LogP contribution in [0.15, 0.2) is 18.2 Å². The molecule has 0 fully saturated rings. The number of amides is 1. The van der Waals surface area contributed by atoms with E-state index in [1.807, 2.05) is 25.1 Å². The van der Waals surface area contributed by atoms with E-state index in [0.717, 1.165) is 22.4 Å². The van der Waals surface area contributed by atoms with Crippen LogP contribution in [0.25, 0.3) is 10.2 Å². The van der Waals surface area contributed by atoms with Crippen molar-refractivity contribution in [3.63, 3.8) is 0 Å². The summed E-state index contributed by atoms with van der Waals surface area (Å²) in [4.78, 5) is 16.2. The number of nitrogens with two attached hydrogens (primary N) is 1. The fourth-order valence-corrected chi connectivity index (χ4v) is 2.67. The van der Waals surface area contributed by atoms with Gasteiger partial charge < -0.3 is 15.8 Å². The molecule has 1 heterocycles. The molecule has 1 aromatic carbocycles. The first-order valence-electron chi connectivity index (χ1n) is 6.57. The number of hydrogen-bond donors (Lipinski definition) is 2. The lowest BCUT2D eigenvalue weighted by molar-refractivity contribution is -0.116. The third-order valence-electron chi connectivity index (χ3n) is 3.11. The van der Waals surface area contributed by atoms with Crippen LogP contribution in [-0.2, 0) is 4.79 Å². The van der Waals surface area contributed by atoms with Crippen LogP contribution in [0.4, 0.5) is 5.13 Å². The first-order chi connectivity index (χ1) is 9.62. The topological polar surface area (TPSA) is 77.2 Å². The fraction of sp³-hybridized carbons (Fsp3) is 0.429. The van der Waals surface area contributed by atoms with E-state index < -0.39 is 0 Å². The van der Waals surface area contributed by atoms with Crippen molar-refractivity contribution in [1.82, 2.24) is 4.98 Å². The third-order valence-corrected chi connectivity index (χ3v) is 4.04. The molecular formula is C14H19N3O2S. The number of nitrogens with zero attached hydrogens (tertiary/aromatic N) is 1. The van der Waals surface area contributed by atoms with Crippen molar-refractivity contribution >= 4 is 32.6 Å². The SMILES string of the molecule is COc1ccc2nc(NC(=O)CCC(C)CN)sc2c1. The van der Waals surface area contributed by atoms with Crippen molar-refractivity contribution in [2.45, 2.75) is 19.8 Å². The number of carbonyl (C=O) groups is 1. The van der Waals surface area contributed by atoms with Gasteiger partial charge in [-0.05, 0) is 37.1 Å². The van der Waals surface area contributed by atoms with Crippen LogP contribution in [0.1, 0.15) is 19.8 Å². The standard InChI is InChI=1S/C14H19N3O2S/c1-9(8-15)3-6-13(18)17-14-16-11-5-4-10(19-2)7-12(11)20-14/h4-5,7,9H,3,6,8,15H2,1-2H3,(H,16,17,18). The van der Waals surface area contributed by atoms with Crippen molar-refractivity contribution < 1.29 is 9.53 Å². The molecule has 0 radical (unpaired) electrons. The summed E-state index contributed by atoms with van der Waals surface area (Å²) in [5, 5.41) is 3.46. The van der Waals surface area contributed by atoms with E-state index in [9.17, 15) is 4.79 Å². The van der Waals surface area contributed by atoms with Crippen LogP contribution in [-0.4, -0.2) is 24.5 Å². The first-order valence-corrected chi connectivity index (χ1v) is 7.38. The third kappa shape index (κ3) is 3.68. The number of aromatic nitrogens is 1. The van der Waals surface area contributed by atoms with Gasteiger partial charge in [-0.25, -0.2) is 4.98 Å². The summed E-state index contributed by atoms with van der Waals surface area (Å²) in [6.45, 7) is 2.64. The lowest BCUT2D eigenvalue weighted by atomic mass is 10.1. The zero-order valence-corrected chi connectivity index (χ0v) is 12.5. The number of ether oxygens (including phenoxy) is 1. The highest BCUT2D eigenvalue weighted by Gasteiger charge is 2.10. The smallest absolute Gasteiger partial charge is 0.226 e. The van der Waals surface area contributed by atoms with Crippen LogP contribution in [0, 0.1) is 5.92 Å². The molecule has 2 aromatic rings. The largest absolute Gasteiger partial charge is 0.497 e. The molecule has 108 valence electrons. The van der Waals surface area contributed by atoms with Gasteiger partial charge in [-0.2, -0.15) is 0 Å². The number of nitrogens with one attached hydrogen (secondary N) is 1. The van der Waals surface area contributed by atoms with Gasteiger partial charge >= 0.3 is 0 Å². The van der Waals surface area contributed by atoms with Gasteiger partial charge in [0, 0.05) is 6.42 Å². The number of fused-ring (bicyclic) bond motifs is 1. The Morgan fingerprint density at radius 3 is 3.05 bits per heavy atom. The van der Waals surface area contributed by atoms with E-state index in [1.54, 1.807) is 7.11 Å². The predicted molar refractivity (Wildman–Crippen MR) is 82.3 cm³/mol. The predicted octanol–water partition coefficient (Wildman–Crippen LogP) is 2.62. The molecule has 5 nitrogen and oxygen atoms in total. The second-order valence-corrected chi connectivity index (χ2v) is 5.81. The molecule has 1 aromatic heterocycles. The number of thiazole rings is 1. The van der Waals surface area contributed by atoms with Gasteiger partial charge in [-0.1, -0.05) is 18.3 Å². The molecule has 0 saturated carbocycles. The monoisotopic (exact) mass is 293 g/mol. The maximum absolute atomic E-state index is 11.8. The molecule has 0 spiro atoms. The average molecular weight is 293 g/mol. The van der Waals surface area contributed by atoms with Crippen LogP contribution in [0.5, 0.6) is 5.75 Å². The first kappa shape index (κ1) is 14.7. The minimum absolute atomic E-state index is 0.0173. The van der Waals surface area contributed by atoms with Crippen molar-refractivity contribution in [2.24, 2.45) is 11.7 Å². The lowest BCUT2D eigenvalue weighted by Gasteiger charge is -2.06. The van der Waals surface area contributed by atoms with Gasteiger partial charge in [0.15, 0.2) is 5.13 Å². The van der Waals surface area contributed by atoms with Crippen LogP contribution >= 0.6 is 11.3 Å². The van der Waals surface area contributed by atoms with Crippen LogP contribution in [0.3, 0.4) is 0 Å². The summed E-state index contributed by atoms with van der Waals surface area (Å²) in [5.41, 5.74) is 6.40. The summed E-state index contributed by atoms with van der Waals surface area (Å²) < 4.78 is 6.16. The Kier molecular flexibility index (Phi) is 4.92. The van der Waals surface area contributed by atoms with Gasteiger partial charge in [0.05, 0.1) is 17.3 Å². The molecule has 1 amide bonds. The Morgan fingerprint density at radius 1 is 1.55 bits per heavy atom. The highest BCUT2D eigenvalue weighted by atomic mass is 32.1. The molecule has 6 heteroatoms. The molecule has 2 rings (SSSR count). The van der Waals surface area contributed by atoms with Crippen molar-refractivity contribution in [2.75, 3.05) is 19.0 Å². The van der Waals surface area contributed by atoms with E-state index in [0.29, 0.717) is 24.0 Å². The van der Waals surface area contributed by atoms with E-state index in [1.165, 1.54) is 11.3 Å². The quantitative estimate of drug-likeness (QED) is 0.858. The van der Waals surface area contributed by atoms with Gasteiger partial charge in [0.1, 0.15) is 5.75 Å². The molecule has 0 aliphatic carbocycles. The molecule has 0 saturated heterocycles. The fourth-order valence-electron chi connectivity index (χ4n) is 1.76. The number of anilines is 1.